The highest BCUT2D eigenvalue weighted by Gasteiger charge is 2.21. The van der Waals surface area contributed by atoms with Gasteiger partial charge in [0, 0.05) is 128 Å². The van der Waals surface area contributed by atoms with Gasteiger partial charge in [0.15, 0.2) is 0 Å². The van der Waals surface area contributed by atoms with Crippen molar-refractivity contribution in [2.75, 3.05) is 12.4 Å². The van der Waals surface area contributed by atoms with Crippen LogP contribution in [0.4, 0.5) is 0 Å². The lowest BCUT2D eigenvalue weighted by Gasteiger charge is -2.10. The number of nitrogens with zero attached hydrogens (tertiary/aromatic N) is 3. The van der Waals surface area contributed by atoms with Gasteiger partial charge in [-0.15, -0.1) is 0 Å². The third-order valence-corrected chi connectivity index (χ3v) is 18.0. The van der Waals surface area contributed by atoms with Crippen LogP contribution in [0.25, 0.3) is 43.6 Å². The van der Waals surface area contributed by atoms with Crippen LogP contribution in [0.2, 0.25) is 0 Å². The van der Waals surface area contributed by atoms with Gasteiger partial charge in [-0.3, -0.25) is 14.4 Å². The number of aryl methyl sites for hydroxylation is 7. The van der Waals surface area contributed by atoms with E-state index in [9.17, 15) is 19.2 Å². The van der Waals surface area contributed by atoms with Gasteiger partial charge in [0.2, 0.25) is 0 Å². The lowest BCUT2D eigenvalue weighted by atomic mass is 10.1. The number of H-pyrrole nitrogens is 3. The van der Waals surface area contributed by atoms with Gasteiger partial charge in [-0.25, -0.2) is 4.79 Å². The first kappa shape index (κ1) is 79.1. The Hall–Kier alpha value is -12.2. The molecule has 0 fully saturated rings. The summed E-state index contributed by atoms with van der Waals surface area (Å²) < 4.78 is 11.6. The molecule has 0 bridgehead atoms. The Labute approximate surface area is 613 Å². The zero-order chi connectivity index (χ0) is 75.2. The summed E-state index contributed by atoms with van der Waals surface area (Å²) in [6, 6.07) is 59.7. The first-order valence-electron chi connectivity index (χ1n) is 33.4. The van der Waals surface area contributed by atoms with E-state index in [0.29, 0.717) is 35.3 Å². The predicted octanol–water partition coefficient (Wildman–Crippen LogP) is 16.1. The Bertz CT molecular complexity index is 5320. The maximum Gasteiger partial charge on any atom is 0.373 e. The zero-order valence-corrected chi connectivity index (χ0v) is 61.7. The number of alkyl halides is 1. The molecule has 2 aliphatic carbocycles. The minimum atomic E-state index is -0.292. The molecule has 6 heterocycles. The fourth-order valence-electron chi connectivity index (χ4n) is 12.2. The van der Waals surface area contributed by atoms with E-state index < -0.39 is 0 Å². The number of amides is 1. The Balaban J connectivity index is 0.000000179. The van der Waals surface area contributed by atoms with E-state index in [0.717, 1.165) is 74.1 Å². The van der Waals surface area contributed by atoms with Crippen molar-refractivity contribution < 1.29 is 33.5 Å². The van der Waals surface area contributed by atoms with Gasteiger partial charge < -0.3 is 44.4 Å². The molecule has 104 heavy (non-hydrogen) atoms. The Morgan fingerprint density at radius 3 is 1.60 bits per heavy atom. The minimum Gasteiger partial charge on any atom is -0.465 e. The number of halogens is 1. The molecule has 6 aromatic carbocycles. The van der Waals surface area contributed by atoms with Crippen LogP contribution < -0.4 is 22.2 Å². The van der Waals surface area contributed by atoms with Gasteiger partial charge >= 0.3 is 18.3 Å². The Kier molecular flexibility index (Phi) is 30.2. The van der Waals surface area contributed by atoms with Crippen molar-refractivity contribution in [2.24, 2.45) is 5.73 Å². The van der Waals surface area contributed by atoms with Crippen molar-refractivity contribution >= 4 is 83.7 Å². The van der Waals surface area contributed by atoms with E-state index in [-0.39, 0.29) is 41.8 Å². The highest BCUT2D eigenvalue weighted by atomic mass is 79.9. The number of fused-ring (bicyclic) bond motifs is 4. The predicted molar refractivity (Wildman–Crippen MR) is 416 cm³/mol. The number of carbonyl (C=O) groups is 2. The molecule has 0 unspecified atom stereocenters. The number of para-hydroxylation sites is 4. The van der Waals surface area contributed by atoms with E-state index in [4.69, 9.17) is 29.6 Å². The number of allylic oxidation sites excluding steroid dienone is 12. The third kappa shape index (κ3) is 21.2. The van der Waals surface area contributed by atoms with Crippen LogP contribution in [0.15, 0.2) is 245 Å². The summed E-state index contributed by atoms with van der Waals surface area (Å²) in [6.45, 7) is 21.0. The molecule has 12 aromatic rings. The number of aromatic nitrogens is 6. The number of carbonyl (C=O) groups excluding carboxylic acids is 6. The van der Waals surface area contributed by atoms with Crippen LogP contribution in [-0.4, -0.2) is 65.3 Å². The topological polar surface area (TPSA) is 246 Å². The van der Waals surface area contributed by atoms with Crippen molar-refractivity contribution in [1.29, 1.82) is 0 Å². The normalized spacial score (nSPS) is 11.2. The molecule has 2 aliphatic rings. The maximum atomic E-state index is 13.2. The van der Waals surface area contributed by atoms with Crippen molar-refractivity contribution in [1.82, 2.24) is 34.0 Å². The van der Waals surface area contributed by atoms with E-state index in [1.54, 1.807) is 0 Å². The highest BCUT2D eigenvalue weighted by molar-refractivity contribution is 9.09. The van der Waals surface area contributed by atoms with Crippen LogP contribution in [0.5, 0.6) is 0 Å². The number of rotatable bonds is 12. The SMILES string of the molecule is BrCC1=CC=C[C+]=C1.COC(=O)c1c(C)[nH]c2ccccc12.Cc1c(C)n(Cc2ccccc2)c2ccccc12.Cc1cc(C)c(CN)c(=O)[nH]1.Cc1cc(C)c(CNC(=O)c2c(C)n(Cc3ccccc3)c3ccccc23)c(=O)[nH]1.Cc1cc2ccccc2n1CC1=CC=[C+]C=C1.O=C=O.O=C=O. The molecule has 6 N–H and O–H groups in total. The number of nitrogens with two attached hydrogens (primary N) is 1. The lowest BCUT2D eigenvalue weighted by molar-refractivity contribution is -0.193. The number of ether oxygens (including phenoxy) is 1. The second-order valence-corrected chi connectivity index (χ2v) is 24.9. The van der Waals surface area contributed by atoms with Crippen molar-refractivity contribution in [2.45, 2.75) is 95.0 Å². The molecule has 0 atom stereocenters. The molecule has 14 rings (SSSR count). The van der Waals surface area contributed by atoms with Gasteiger partial charge in [0.1, 0.15) is 24.3 Å². The van der Waals surface area contributed by atoms with Gasteiger partial charge in [-0.05, 0) is 138 Å². The fraction of sp³-hybridized carbons (Fsp3) is 0.186. The largest absolute Gasteiger partial charge is 0.465 e. The van der Waals surface area contributed by atoms with E-state index in [2.05, 4.69) is 198 Å². The first-order valence-corrected chi connectivity index (χ1v) is 34.6. The first-order chi connectivity index (χ1) is 50.2. The summed E-state index contributed by atoms with van der Waals surface area (Å²) in [5.41, 5.74) is 26.8. The quantitative estimate of drug-likeness (QED) is 0.0440. The summed E-state index contributed by atoms with van der Waals surface area (Å²) in [6.07, 6.45) is 22.6. The van der Waals surface area contributed by atoms with Crippen LogP contribution in [0, 0.1) is 74.5 Å². The number of aromatic amines is 3. The Morgan fingerprint density at radius 1 is 0.548 bits per heavy atom. The molecule has 17 nitrogen and oxygen atoms in total. The second-order valence-electron chi connectivity index (χ2n) is 24.3. The standard InChI is InChI=1S/C25H25N3O2.C17H17N.C16H14N.C11H11NO2.C8H12N2O.C7H6Br.2CO2/c1-16-13-17(2)27-24(29)21(16)14-26-25(30)23-18(3)28(15-19-9-5-4-6-10-19)22-12-8-7-11-20(22)23;1-13-14(2)18(12-15-8-4-3-5-9-15)17-11-7-6-10-16(13)17;1-13-11-15-9-5-6-10-16(15)17(13)12-14-7-3-2-4-8-14;1-7-10(11(13)14-2)8-5-3-4-6-9(8)12-7;1-5-3-6(2)10-8(11)7(5)4-9;8-6-7-4-2-1-3-5-7;2*2-1-3/h4-13H,14-15H2,1-3H3,(H,26,30)(H,27,29);3-11H,12H2,1-2H3;3-11H,12H2,1H3;3-6,12H,1-2H3;3H,4,9H2,1-2H3,(H,10,11);1-2,4-5H,6H2;;/q;;+1;;;+1;;. The van der Waals surface area contributed by atoms with Crippen LogP contribution in [0.3, 0.4) is 0 Å². The van der Waals surface area contributed by atoms with Crippen molar-refractivity contribution in [3.8, 4) is 0 Å². The molecule has 0 radical (unpaired) electrons. The third-order valence-electron chi connectivity index (χ3n) is 17.3. The number of methoxy groups -OCH3 is 1. The summed E-state index contributed by atoms with van der Waals surface area (Å²) >= 11 is 3.34. The molecule has 528 valence electrons. The summed E-state index contributed by atoms with van der Waals surface area (Å²) in [4.78, 5) is 89.2. The Morgan fingerprint density at radius 2 is 1.07 bits per heavy atom. The number of esters is 1. The highest BCUT2D eigenvalue weighted by Crippen LogP contribution is 2.29. The lowest BCUT2D eigenvalue weighted by Crippen LogP contribution is -2.28. The van der Waals surface area contributed by atoms with Crippen molar-refractivity contribution in [3.05, 3.63) is 353 Å². The average Bonchev–Trinajstić information content (AvgIpc) is 1.62. The van der Waals surface area contributed by atoms with Gasteiger partial charge in [0.25, 0.3) is 17.0 Å². The molecule has 1 amide bonds. The number of pyridine rings is 2. The van der Waals surface area contributed by atoms with Crippen molar-refractivity contribution in [3.63, 3.8) is 0 Å². The second kappa shape index (κ2) is 39.7. The number of benzene rings is 6. The smallest absolute Gasteiger partial charge is 0.373 e. The van der Waals surface area contributed by atoms with Crippen LogP contribution in [-0.2, 0) is 56.6 Å². The zero-order valence-electron chi connectivity index (χ0n) is 60.1. The molecular formula is C86H85BrN8O9+2. The minimum absolute atomic E-state index is 0.0648. The molecule has 0 saturated heterocycles. The fourth-order valence-corrected chi connectivity index (χ4v) is 12.5. The summed E-state index contributed by atoms with van der Waals surface area (Å²) in [5, 5.41) is 8.38. The molecule has 18 heteroatoms. The molecule has 0 saturated carbocycles. The van der Waals surface area contributed by atoms with Crippen LogP contribution >= 0.6 is 15.9 Å². The molecule has 6 aromatic heterocycles. The maximum absolute atomic E-state index is 13.2. The number of hydrogen-bond acceptors (Lipinski definition) is 10. The van der Waals surface area contributed by atoms with Crippen LogP contribution in [0.1, 0.15) is 93.8 Å². The number of hydrogen-bond donors (Lipinski definition) is 5. The molecule has 0 aliphatic heterocycles. The van der Waals surface area contributed by atoms with Gasteiger partial charge in [-0.1, -0.05) is 149 Å². The van der Waals surface area contributed by atoms with E-state index >= 15 is 0 Å². The number of nitrogens with one attached hydrogen (secondary N) is 4. The van der Waals surface area contributed by atoms with Gasteiger partial charge in [0.05, 0.1) is 59.5 Å². The molecule has 0 spiro atoms. The van der Waals surface area contributed by atoms with E-state index in [1.807, 2.05) is 151 Å². The van der Waals surface area contributed by atoms with E-state index in [1.165, 1.54) is 68.1 Å². The summed E-state index contributed by atoms with van der Waals surface area (Å²) in [7, 11) is 1.39. The van der Waals surface area contributed by atoms with Gasteiger partial charge in [-0.2, -0.15) is 19.2 Å². The average molecular weight is 1450 g/mol. The molecular weight excluding hydrogens is 1370 g/mol. The summed E-state index contributed by atoms with van der Waals surface area (Å²) in [5.74, 6) is -0.463. The monoisotopic (exact) mass is 1450 g/mol.